The Hall–Kier alpha value is -3.36. The molecule has 0 spiro atoms. The second kappa shape index (κ2) is 10.7. The number of benzene rings is 2. The van der Waals surface area contributed by atoms with E-state index in [2.05, 4.69) is 16.8 Å². The predicted molar refractivity (Wildman–Crippen MR) is 144 cm³/mol. The molecule has 1 saturated heterocycles. The first kappa shape index (κ1) is 24.3. The van der Waals surface area contributed by atoms with Gasteiger partial charge in [0.25, 0.3) is 5.91 Å². The minimum atomic E-state index is -0.219. The van der Waals surface area contributed by atoms with E-state index in [4.69, 9.17) is 14.6 Å². The smallest absolute Gasteiger partial charge is 0.286 e. The van der Waals surface area contributed by atoms with Crippen LogP contribution in [0.25, 0.3) is 23.0 Å². The molecule has 0 saturated carbocycles. The van der Waals surface area contributed by atoms with Crippen molar-refractivity contribution in [3.05, 3.63) is 71.3 Å². The van der Waals surface area contributed by atoms with E-state index in [9.17, 15) is 4.79 Å². The van der Waals surface area contributed by atoms with Crippen LogP contribution in [0.1, 0.15) is 32.8 Å². The third-order valence-electron chi connectivity index (χ3n) is 5.95. The number of morpholine rings is 1. The van der Waals surface area contributed by atoms with E-state index in [1.165, 1.54) is 11.8 Å². The highest BCUT2D eigenvalue weighted by molar-refractivity contribution is 8.18. The molecule has 5 rings (SSSR count). The molecule has 1 aromatic heterocycles. The first-order valence-corrected chi connectivity index (χ1v) is 13.1. The summed E-state index contributed by atoms with van der Waals surface area (Å²) in [4.78, 5) is 20.0. The summed E-state index contributed by atoms with van der Waals surface area (Å²) < 4.78 is 13.4. The summed E-state index contributed by atoms with van der Waals surface area (Å²) in [6, 6.07) is 17.9. The molecule has 3 heterocycles. The summed E-state index contributed by atoms with van der Waals surface area (Å²) in [7, 11) is 0. The van der Waals surface area contributed by atoms with Crippen LogP contribution in [0.4, 0.5) is 0 Å². The van der Waals surface area contributed by atoms with Gasteiger partial charge in [0.1, 0.15) is 5.75 Å². The highest BCUT2D eigenvalue weighted by Crippen LogP contribution is 2.34. The highest BCUT2D eigenvalue weighted by Gasteiger charge is 2.31. The van der Waals surface area contributed by atoms with Crippen molar-refractivity contribution in [3.8, 4) is 22.7 Å². The second-order valence-electron chi connectivity index (χ2n) is 9.06. The summed E-state index contributed by atoms with van der Waals surface area (Å²) in [5, 5.41) is 5.62. The molecule has 2 aromatic carbocycles. The summed E-state index contributed by atoms with van der Waals surface area (Å²) in [5.74, 6) is 0.611. The maximum atomic E-state index is 12.9. The van der Waals surface area contributed by atoms with E-state index in [0.29, 0.717) is 11.5 Å². The van der Waals surface area contributed by atoms with Crippen molar-refractivity contribution in [2.24, 2.45) is 4.99 Å². The summed E-state index contributed by atoms with van der Waals surface area (Å²) in [5.41, 5.74) is 3.55. The molecule has 1 fully saturated rings. The Morgan fingerprint density at radius 3 is 2.50 bits per heavy atom. The average Bonchev–Trinajstić information content (AvgIpc) is 3.47. The number of hydrogen-bond acceptors (Lipinski definition) is 6. The topological polar surface area (TPSA) is 68.9 Å². The normalized spacial score (nSPS) is 21.2. The largest absolute Gasteiger partial charge is 0.494 e. The van der Waals surface area contributed by atoms with Gasteiger partial charge in [-0.05, 0) is 74.5 Å². The van der Waals surface area contributed by atoms with E-state index in [1.54, 1.807) is 0 Å². The fourth-order valence-corrected chi connectivity index (χ4v) is 5.29. The Bertz CT molecular complexity index is 1270. The minimum absolute atomic E-state index is 0.0974. The van der Waals surface area contributed by atoms with Crippen molar-refractivity contribution in [3.63, 3.8) is 0 Å². The van der Waals surface area contributed by atoms with Crippen LogP contribution in [0.3, 0.4) is 0 Å². The summed E-state index contributed by atoms with van der Waals surface area (Å²) >= 11 is 1.42. The molecule has 2 atom stereocenters. The van der Waals surface area contributed by atoms with E-state index >= 15 is 0 Å². The SMILES string of the molecule is CCCOc1ccc(-c2nn(-c3ccccc3)cc2/C=C2/SC(N3C[C@@H](C)O[C@@H](C)C3)=NC2=O)cc1. The molecule has 2 aliphatic rings. The molecule has 0 aliphatic carbocycles. The molecule has 36 heavy (non-hydrogen) atoms. The third kappa shape index (κ3) is 5.39. The van der Waals surface area contributed by atoms with E-state index in [0.717, 1.165) is 52.9 Å². The molecular weight excluding hydrogens is 472 g/mol. The number of carbonyl (C=O) groups is 1. The van der Waals surface area contributed by atoms with Gasteiger partial charge in [0.2, 0.25) is 0 Å². The van der Waals surface area contributed by atoms with E-state index in [-0.39, 0.29) is 18.1 Å². The second-order valence-corrected chi connectivity index (χ2v) is 10.1. The van der Waals surface area contributed by atoms with E-state index in [1.807, 2.05) is 85.4 Å². The minimum Gasteiger partial charge on any atom is -0.494 e. The van der Waals surface area contributed by atoms with Gasteiger partial charge < -0.3 is 14.4 Å². The fraction of sp³-hybridized carbons (Fsp3) is 0.321. The van der Waals surface area contributed by atoms with Gasteiger partial charge in [-0.15, -0.1) is 0 Å². The lowest BCUT2D eigenvalue weighted by atomic mass is 10.1. The molecule has 1 amide bonds. The summed E-state index contributed by atoms with van der Waals surface area (Å²) in [6.07, 6.45) is 5.02. The first-order valence-electron chi connectivity index (χ1n) is 12.3. The van der Waals surface area contributed by atoms with Crippen molar-refractivity contribution in [2.45, 2.75) is 39.4 Å². The van der Waals surface area contributed by atoms with Gasteiger partial charge in [0.05, 0.1) is 35.1 Å². The van der Waals surface area contributed by atoms with Gasteiger partial charge in [0, 0.05) is 30.4 Å². The van der Waals surface area contributed by atoms with Gasteiger partial charge in [-0.25, -0.2) is 4.68 Å². The number of thioether (sulfide) groups is 1. The number of amidine groups is 1. The lowest BCUT2D eigenvalue weighted by Gasteiger charge is -2.35. The lowest BCUT2D eigenvalue weighted by Crippen LogP contribution is -2.47. The summed E-state index contributed by atoms with van der Waals surface area (Å²) in [6.45, 7) is 8.30. The average molecular weight is 503 g/mol. The number of aliphatic imine (C=N–C) groups is 1. The van der Waals surface area contributed by atoms with Crippen LogP contribution in [0.5, 0.6) is 5.75 Å². The predicted octanol–water partition coefficient (Wildman–Crippen LogP) is 5.41. The van der Waals surface area contributed by atoms with Crippen molar-refractivity contribution in [2.75, 3.05) is 19.7 Å². The van der Waals surface area contributed by atoms with Crippen molar-refractivity contribution < 1.29 is 14.3 Å². The molecule has 0 unspecified atom stereocenters. The van der Waals surface area contributed by atoms with Gasteiger partial charge in [0.15, 0.2) is 5.17 Å². The molecule has 2 aliphatic heterocycles. The molecule has 7 nitrogen and oxygen atoms in total. The fourth-order valence-electron chi connectivity index (χ4n) is 4.37. The molecular formula is C28H30N4O3S. The maximum absolute atomic E-state index is 12.9. The van der Waals surface area contributed by atoms with E-state index < -0.39 is 0 Å². The van der Waals surface area contributed by atoms with Gasteiger partial charge >= 0.3 is 0 Å². The molecule has 0 radical (unpaired) electrons. The lowest BCUT2D eigenvalue weighted by molar-refractivity contribution is -0.113. The van der Waals surface area contributed by atoms with Crippen molar-refractivity contribution in [1.29, 1.82) is 0 Å². The Labute approximate surface area is 215 Å². The highest BCUT2D eigenvalue weighted by atomic mass is 32.2. The van der Waals surface area contributed by atoms with Crippen LogP contribution in [0.15, 0.2) is 70.7 Å². The first-order chi connectivity index (χ1) is 17.5. The number of aromatic nitrogens is 2. The Morgan fingerprint density at radius 2 is 1.81 bits per heavy atom. The molecule has 0 bridgehead atoms. The number of para-hydroxylation sites is 1. The van der Waals surface area contributed by atoms with Crippen LogP contribution in [0.2, 0.25) is 0 Å². The van der Waals surface area contributed by atoms with Crippen LogP contribution >= 0.6 is 11.8 Å². The van der Waals surface area contributed by atoms with Crippen LogP contribution in [0, 0.1) is 0 Å². The number of amides is 1. The number of nitrogens with zero attached hydrogens (tertiary/aromatic N) is 4. The monoisotopic (exact) mass is 502 g/mol. The molecule has 3 aromatic rings. The quantitative estimate of drug-likeness (QED) is 0.420. The Balaban J connectivity index is 1.46. The maximum Gasteiger partial charge on any atom is 0.286 e. The molecule has 8 heteroatoms. The Kier molecular flexibility index (Phi) is 7.25. The zero-order valence-electron chi connectivity index (χ0n) is 20.8. The third-order valence-corrected chi connectivity index (χ3v) is 6.99. The number of rotatable bonds is 6. The van der Waals surface area contributed by atoms with Crippen molar-refractivity contribution >= 4 is 28.9 Å². The zero-order valence-corrected chi connectivity index (χ0v) is 21.6. The molecule has 0 N–H and O–H groups in total. The number of carbonyl (C=O) groups excluding carboxylic acids is 1. The molecule has 186 valence electrons. The Morgan fingerprint density at radius 1 is 1.08 bits per heavy atom. The van der Waals surface area contributed by atoms with Crippen LogP contribution in [-0.2, 0) is 9.53 Å². The number of hydrogen-bond donors (Lipinski definition) is 0. The van der Waals surface area contributed by atoms with Crippen LogP contribution < -0.4 is 4.74 Å². The van der Waals surface area contributed by atoms with Gasteiger partial charge in [-0.1, -0.05) is 25.1 Å². The van der Waals surface area contributed by atoms with Crippen LogP contribution in [-0.4, -0.2) is 57.7 Å². The standard InChI is InChI=1S/C28H30N4O3S/c1-4-14-34-24-12-10-21(11-13-24)26-22(18-32(30-26)23-8-6-5-7-9-23)15-25-27(33)29-28(36-25)31-16-19(2)35-20(3)17-31/h5-13,15,18-20H,4,14,16-17H2,1-3H3/b25-15+/t19-,20+. The van der Waals surface area contributed by atoms with Gasteiger partial charge in [-0.3, -0.25) is 4.79 Å². The zero-order chi connectivity index (χ0) is 25.1. The number of ether oxygens (including phenoxy) is 2. The van der Waals surface area contributed by atoms with Gasteiger partial charge in [-0.2, -0.15) is 10.1 Å². The van der Waals surface area contributed by atoms with Crippen molar-refractivity contribution in [1.82, 2.24) is 14.7 Å².